The minimum absolute atomic E-state index is 0.182. The van der Waals surface area contributed by atoms with Gasteiger partial charge in [-0.15, -0.1) is 0 Å². The Morgan fingerprint density at radius 2 is 1.38 bits per heavy atom. The Kier molecular flexibility index (Phi) is 13.1. The van der Waals surface area contributed by atoms with Crippen molar-refractivity contribution >= 4 is 0 Å². The van der Waals surface area contributed by atoms with E-state index in [1.54, 1.807) is 28.4 Å². The van der Waals surface area contributed by atoms with Crippen molar-refractivity contribution < 1.29 is 28.8 Å². The predicted octanol–water partition coefficient (Wildman–Crippen LogP) is 7.00. The minimum atomic E-state index is -0.522. The molecule has 0 amide bonds. The van der Waals surface area contributed by atoms with Crippen LogP contribution in [0.15, 0.2) is 24.3 Å². The summed E-state index contributed by atoms with van der Waals surface area (Å²) in [6.07, 6.45) is 10.8. The number of hydrogen-bond acceptors (Lipinski definition) is 8. The average Bonchev–Trinajstić information content (AvgIpc) is 3.10. The number of benzene rings is 2. The highest BCUT2D eigenvalue weighted by Crippen LogP contribution is 2.49. The molecule has 2 aromatic rings. The zero-order valence-electron chi connectivity index (χ0n) is 29.9. The monoisotopic (exact) mass is 652 g/mol. The van der Waals surface area contributed by atoms with E-state index in [0.717, 1.165) is 87.8 Å². The fraction of sp³-hybridized carbons (Fsp3) is 0.692. The molecule has 1 saturated heterocycles. The van der Waals surface area contributed by atoms with E-state index in [0.29, 0.717) is 31.0 Å². The molecule has 8 heteroatoms. The van der Waals surface area contributed by atoms with Crippen LogP contribution >= 0.6 is 0 Å². The number of nitrogens with zero attached hydrogens (tertiary/aromatic N) is 2. The lowest BCUT2D eigenvalue weighted by Gasteiger charge is -2.49. The van der Waals surface area contributed by atoms with Crippen LogP contribution in [-0.2, 0) is 17.6 Å². The predicted molar refractivity (Wildman–Crippen MR) is 187 cm³/mol. The maximum Gasteiger partial charge on any atom is 0.161 e. The van der Waals surface area contributed by atoms with E-state index in [2.05, 4.69) is 47.9 Å². The molecule has 47 heavy (non-hydrogen) atoms. The molecular formula is C39H60N2O6. The van der Waals surface area contributed by atoms with Crippen molar-refractivity contribution in [3.63, 3.8) is 0 Å². The van der Waals surface area contributed by atoms with Crippen LogP contribution in [-0.4, -0.2) is 88.8 Å². The van der Waals surface area contributed by atoms with Gasteiger partial charge in [0.15, 0.2) is 23.0 Å². The molecule has 0 radical (unpaired) electrons. The third-order valence-corrected chi connectivity index (χ3v) is 11.1. The van der Waals surface area contributed by atoms with Gasteiger partial charge in [0, 0.05) is 44.9 Å². The zero-order valence-corrected chi connectivity index (χ0v) is 29.9. The number of piperidine rings is 1. The molecular weight excluding hydrogens is 592 g/mol. The molecule has 0 aliphatic carbocycles. The summed E-state index contributed by atoms with van der Waals surface area (Å²) in [6, 6.07) is 9.35. The summed E-state index contributed by atoms with van der Waals surface area (Å²) in [5.74, 6) is 4.33. The van der Waals surface area contributed by atoms with Crippen molar-refractivity contribution in [2.45, 2.75) is 96.2 Å². The Labute approximate surface area is 283 Å². The first-order valence-corrected chi connectivity index (χ1v) is 18.2. The number of hydrogen-bond donors (Lipinski definition) is 1. The van der Waals surface area contributed by atoms with Gasteiger partial charge >= 0.3 is 0 Å². The Morgan fingerprint density at radius 3 is 2.04 bits per heavy atom. The van der Waals surface area contributed by atoms with Crippen LogP contribution in [0.5, 0.6) is 23.0 Å². The maximum absolute atomic E-state index is 11.2. The van der Waals surface area contributed by atoms with Gasteiger partial charge in [0.25, 0.3) is 0 Å². The number of ether oxygens (including phenoxy) is 5. The summed E-state index contributed by atoms with van der Waals surface area (Å²) in [6.45, 7) is 9.40. The van der Waals surface area contributed by atoms with Crippen molar-refractivity contribution in [3.8, 4) is 23.0 Å². The van der Waals surface area contributed by atoms with Gasteiger partial charge in [-0.25, -0.2) is 0 Å². The first-order chi connectivity index (χ1) is 22.9. The van der Waals surface area contributed by atoms with Gasteiger partial charge in [-0.1, -0.05) is 46.0 Å². The van der Waals surface area contributed by atoms with E-state index in [1.807, 2.05) is 0 Å². The highest BCUT2D eigenvalue weighted by Gasteiger charge is 2.41. The van der Waals surface area contributed by atoms with Crippen LogP contribution in [0.25, 0.3) is 0 Å². The molecule has 3 aliphatic heterocycles. The quantitative estimate of drug-likeness (QED) is 0.183. The van der Waals surface area contributed by atoms with Gasteiger partial charge in [-0.3, -0.25) is 9.80 Å². The van der Waals surface area contributed by atoms with Gasteiger partial charge in [-0.2, -0.15) is 0 Å². The van der Waals surface area contributed by atoms with E-state index in [-0.39, 0.29) is 6.04 Å². The van der Waals surface area contributed by atoms with Gasteiger partial charge in [-0.05, 0) is 90.5 Å². The molecule has 3 heterocycles. The summed E-state index contributed by atoms with van der Waals surface area (Å²) in [5.41, 5.74) is 5.41. The van der Waals surface area contributed by atoms with Gasteiger partial charge in [0.1, 0.15) is 0 Å². The normalized spacial score (nSPS) is 23.4. The van der Waals surface area contributed by atoms with Crippen LogP contribution in [0.3, 0.4) is 0 Å². The number of methoxy groups -OCH3 is 4. The lowest BCUT2D eigenvalue weighted by atomic mass is 9.72. The molecule has 8 nitrogen and oxygen atoms in total. The van der Waals surface area contributed by atoms with Crippen LogP contribution in [0.2, 0.25) is 0 Å². The first-order valence-electron chi connectivity index (χ1n) is 18.2. The second-order valence-electron chi connectivity index (χ2n) is 13.9. The lowest BCUT2D eigenvalue weighted by Crippen LogP contribution is -2.48. The molecule has 0 bridgehead atoms. The smallest absolute Gasteiger partial charge is 0.161 e. The number of aliphatic hydroxyl groups excluding tert-OH is 1. The second kappa shape index (κ2) is 17.2. The summed E-state index contributed by atoms with van der Waals surface area (Å²) < 4.78 is 28.9. The molecule has 0 spiro atoms. The van der Waals surface area contributed by atoms with E-state index >= 15 is 0 Å². The molecule has 1 fully saturated rings. The average molecular weight is 653 g/mol. The standard InChI is InChI=1S/C39H60N2O6/c1-7-9-10-11-12-17-47-26-31(42)25-41-16-14-29-21-37(44-4)39(46-6)23-33(29)35(41)19-30-18-34-32-22-38(45-5)36(43-3)20-28(32)13-15-40(34)24-27(30)8-2/h20-23,27,30-31,34-35,42H,7-19,24-26H2,1-6H3/t27-,30+,31?,34-,35+/m0/s1. The number of β-amino-alcohol motifs (C(OH)–C–C–N with tert-alkyl or cyclic N) is 1. The summed E-state index contributed by atoms with van der Waals surface area (Å²) >= 11 is 0. The van der Waals surface area contributed by atoms with Crippen molar-refractivity contribution in [1.82, 2.24) is 9.80 Å². The van der Waals surface area contributed by atoms with Gasteiger partial charge in [0.05, 0.1) is 41.2 Å². The van der Waals surface area contributed by atoms with Crippen LogP contribution < -0.4 is 18.9 Å². The van der Waals surface area contributed by atoms with Crippen molar-refractivity contribution in [1.29, 1.82) is 0 Å². The summed E-state index contributed by atoms with van der Waals surface area (Å²) in [7, 11) is 6.88. The third-order valence-electron chi connectivity index (χ3n) is 11.1. The molecule has 262 valence electrons. The van der Waals surface area contributed by atoms with Gasteiger partial charge < -0.3 is 28.8 Å². The van der Waals surface area contributed by atoms with E-state index in [9.17, 15) is 5.11 Å². The summed E-state index contributed by atoms with van der Waals surface area (Å²) in [5, 5.41) is 11.2. The van der Waals surface area contributed by atoms with Crippen molar-refractivity contribution in [2.75, 3.05) is 67.8 Å². The van der Waals surface area contributed by atoms with E-state index < -0.39 is 6.10 Å². The molecule has 2 aromatic carbocycles. The van der Waals surface area contributed by atoms with E-state index in [4.69, 9.17) is 23.7 Å². The number of fused-ring (bicyclic) bond motifs is 4. The first kappa shape index (κ1) is 35.8. The largest absolute Gasteiger partial charge is 0.493 e. The fourth-order valence-electron chi connectivity index (χ4n) is 8.47. The molecule has 3 aliphatic rings. The molecule has 5 atom stereocenters. The highest BCUT2D eigenvalue weighted by molar-refractivity contribution is 5.51. The lowest BCUT2D eigenvalue weighted by molar-refractivity contribution is -0.00625. The Morgan fingerprint density at radius 1 is 0.766 bits per heavy atom. The number of unbranched alkanes of at least 4 members (excludes halogenated alkanes) is 4. The van der Waals surface area contributed by atoms with Crippen molar-refractivity contribution in [3.05, 3.63) is 46.5 Å². The minimum Gasteiger partial charge on any atom is -0.493 e. The van der Waals surface area contributed by atoms with Crippen LogP contribution in [0, 0.1) is 11.8 Å². The van der Waals surface area contributed by atoms with E-state index in [1.165, 1.54) is 47.9 Å². The van der Waals surface area contributed by atoms with Crippen LogP contribution in [0.4, 0.5) is 0 Å². The topological polar surface area (TPSA) is 72.9 Å². The third kappa shape index (κ3) is 8.38. The molecule has 1 N–H and O–H groups in total. The maximum atomic E-state index is 11.2. The highest BCUT2D eigenvalue weighted by atomic mass is 16.5. The van der Waals surface area contributed by atoms with Crippen molar-refractivity contribution in [2.24, 2.45) is 11.8 Å². The second-order valence-corrected chi connectivity index (χ2v) is 13.9. The molecule has 0 aromatic heterocycles. The number of rotatable bonds is 17. The molecule has 0 saturated carbocycles. The number of aliphatic hydroxyl groups is 1. The van der Waals surface area contributed by atoms with Crippen LogP contribution in [0.1, 0.15) is 99.6 Å². The van der Waals surface area contributed by atoms with Gasteiger partial charge in [0.2, 0.25) is 0 Å². The Hall–Kier alpha value is -2.52. The Bertz CT molecular complexity index is 1290. The zero-order chi connectivity index (χ0) is 33.3. The molecule has 1 unspecified atom stereocenters. The molecule has 5 rings (SSSR count). The summed E-state index contributed by atoms with van der Waals surface area (Å²) in [4.78, 5) is 5.23. The SMILES string of the molecule is CCCCCCCOCC(O)CN1CCc2cc(OC)c(OC)cc2[C@H]1C[C@H]1C[C@H]2c3cc(OC)c(OC)cc3CCN2C[C@@H]1CC. The Balaban J connectivity index is 1.37. The fourth-order valence-corrected chi connectivity index (χ4v) is 8.47.